The van der Waals surface area contributed by atoms with Gasteiger partial charge in [0.25, 0.3) is 5.91 Å². The number of aromatic nitrogens is 4. The highest BCUT2D eigenvalue weighted by Crippen LogP contribution is 2.24. The van der Waals surface area contributed by atoms with Crippen molar-refractivity contribution in [3.63, 3.8) is 0 Å². The van der Waals surface area contributed by atoms with Gasteiger partial charge in [-0.1, -0.05) is 37.2 Å². The lowest BCUT2D eigenvalue weighted by molar-refractivity contribution is 0.0952. The Hall–Kier alpha value is -2.32. The number of nitrogens with one attached hydrogen (secondary N) is 2. The molecule has 9 heteroatoms. The lowest BCUT2D eigenvalue weighted by Crippen LogP contribution is -2.27. The van der Waals surface area contributed by atoms with Gasteiger partial charge in [0.1, 0.15) is 5.82 Å². The Balaban J connectivity index is 1.72. The zero-order valence-corrected chi connectivity index (χ0v) is 18.2. The van der Waals surface area contributed by atoms with Crippen LogP contribution in [0.1, 0.15) is 37.0 Å². The van der Waals surface area contributed by atoms with E-state index in [0.717, 1.165) is 47.1 Å². The summed E-state index contributed by atoms with van der Waals surface area (Å²) >= 11 is 7.51. The first-order valence-electron chi connectivity index (χ1n) is 9.76. The number of amides is 1. The molecule has 0 saturated carbocycles. The minimum atomic E-state index is -0.141. The molecule has 0 saturated heterocycles. The molecule has 2 N–H and O–H groups in total. The lowest BCUT2D eigenvalue weighted by Gasteiger charge is -2.09. The maximum Gasteiger partial charge on any atom is 0.251 e. The van der Waals surface area contributed by atoms with Gasteiger partial charge in [-0.05, 0) is 37.1 Å². The number of carbonyl (C=O) groups excluding carboxylic acids is 1. The van der Waals surface area contributed by atoms with E-state index in [0.29, 0.717) is 23.7 Å². The van der Waals surface area contributed by atoms with Gasteiger partial charge in [-0.25, -0.2) is 14.6 Å². The van der Waals surface area contributed by atoms with Crippen LogP contribution >= 0.6 is 23.4 Å². The lowest BCUT2D eigenvalue weighted by atomic mass is 10.2. The number of rotatable bonds is 10. The summed E-state index contributed by atoms with van der Waals surface area (Å²) in [7, 11) is 0. The molecule has 0 unspecified atom stereocenters. The Kier molecular flexibility index (Phi) is 7.71. The highest BCUT2D eigenvalue weighted by molar-refractivity contribution is 7.99. The van der Waals surface area contributed by atoms with Crippen LogP contribution in [0.4, 0.5) is 5.82 Å². The summed E-state index contributed by atoms with van der Waals surface area (Å²) < 4.78 is 1.81. The molecule has 7 nitrogen and oxygen atoms in total. The summed E-state index contributed by atoms with van der Waals surface area (Å²) in [5.74, 6) is 1.63. The number of anilines is 1. The molecule has 0 atom stereocenters. The van der Waals surface area contributed by atoms with Crippen molar-refractivity contribution >= 4 is 46.1 Å². The SMILES string of the molecule is CCCNc1nc(SCCC)nc2c1cnn2CCNC(=O)c1ccc(Cl)cc1. The summed E-state index contributed by atoms with van der Waals surface area (Å²) in [6.45, 7) is 6.05. The molecular formula is C20H25ClN6OS. The summed E-state index contributed by atoms with van der Waals surface area (Å²) in [5.41, 5.74) is 1.35. The van der Waals surface area contributed by atoms with Crippen LogP contribution in [0.3, 0.4) is 0 Å². The average Bonchev–Trinajstić information content (AvgIpc) is 3.14. The molecule has 1 aromatic carbocycles. The van der Waals surface area contributed by atoms with Gasteiger partial charge in [0.2, 0.25) is 0 Å². The molecule has 2 aromatic heterocycles. The van der Waals surface area contributed by atoms with Crippen molar-refractivity contribution in [2.45, 2.75) is 38.4 Å². The van der Waals surface area contributed by atoms with Crippen molar-refractivity contribution in [3.05, 3.63) is 41.0 Å². The van der Waals surface area contributed by atoms with Crippen LogP contribution < -0.4 is 10.6 Å². The van der Waals surface area contributed by atoms with Crippen molar-refractivity contribution in [2.75, 3.05) is 24.2 Å². The number of nitrogens with zero attached hydrogens (tertiary/aromatic N) is 4. The number of carbonyl (C=O) groups is 1. The van der Waals surface area contributed by atoms with E-state index < -0.39 is 0 Å². The molecule has 3 aromatic rings. The Morgan fingerprint density at radius 3 is 2.66 bits per heavy atom. The monoisotopic (exact) mass is 432 g/mol. The van der Waals surface area contributed by atoms with Crippen LogP contribution in [0.15, 0.2) is 35.6 Å². The summed E-state index contributed by atoms with van der Waals surface area (Å²) in [6, 6.07) is 6.82. The van der Waals surface area contributed by atoms with Crippen molar-refractivity contribution in [2.24, 2.45) is 0 Å². The third kappa shape index (κ3) is 5.61. The molecule has 0 spiro atoms. The number of hydrogen-bond acceptors (Lipinski definition) is 6. The molecule has 0 bridgehead atoms. The maximum atomic E-state index is 12.3. The van der Waals surface area contributed by atoms with Crippen LogP contribution in [0, 0.1) is 0 Å². The van der Waals surface area contributed by atoms with Crippen molar-refractivity contribution in [3.8, 4) is 0 Å². The molecule has 0 radical (unpaired) electrons. The summed E-state index contributed by atoms with van der Waals surface area (Å²) in [6.07, 6.45) is 3.84. The van der Waals surface area contributed by atoms with Crippen molar-refractivity contribution in [1.82, 2.24) is 25.1 Å². The zero-order chi connectivity index (χ0) is 20.6. The van der Waals surface area contributed by atoms with Crippen molar-refractivity contribution < 1.29 is 4.79 Å². The quantitative estimate of drug-likeness (QED) is 0.368. The molecule has 154 valence electrons. The fraction of sp³-hybridized carbons (Fsp3) is 0.400. The fourth-order valence-electron chi connectivity index (χ4n) is 2.71. The third-order valence-corrected chi connectivity index (χ3v) is 5.47. The van der Waals surface area contributed by atoms with E-state index in [9.17, 15) is 4.79 Å². The normalized spacial score (nSPS) is 11.0. The third-order valence-electron chi connectivity index (χ3n) is 4.17. The minimum absolute atomic E-state index is 0.141. The van der Waals surface area contributed by atoms with Gasteiger partial charge in [0, 0.05) is 29.4 Å². The van der Waals surface area contributed by atoms with Crippen LogP contribution in [-0.2, 0) is 6.54 Å². The van der Waals surface area contributed by atoms with Gasteiger partial charge in [-0.15, -0.1) is 0 Å². The number of thioether (sulfide) groups is 1. The van der Waals surface area contributed by atoms with Gasteiger partial charge in [-0.2, -0.15) is 5.10 Å². The number of fused-ring (bicyclic) bond motifs is 1. The average molecular weight is 433 g/mol. The Morgan fingerprint density at radius 2 is 1.93 bits per heavy atom. The molecule has 0 fully saturated rings. The number of benzene rings is 1. The van der Waals surface area contributed by atoms with Gasteiger partial charge in [0.05, 0.1) is 18.1 Å². The maximum absolute atomic E-state index is 12.3. The van der Waals surface area contributed by atoms with E-state index in [1.807, 2.05) is 4.68 Å². The molecular weight excluding hydrogens is 408 g/mol. The molecule has 0 aliphatic carbocycles. The Bertz CT molecular complexity index is 960. The van der Waals surface area contributed by atoms with Gasteiger partial charge >= 0.3 is 0 Å². The number of hydrogen-bond donors (Lipinski definition) is 2. The first kappa shape index (κ1) is 21.4. The highest BCUT2D eigenvalue weighted by atomic mass is 35.5. The van der Waals surface area contributed by atoms with Crippen LogP contribution in [0.25, 0.3) is 11.0 Å². The topological polar surface area (TPSA) is 84.7 Å². The molecule has 2 heterocycles. The van der Waals surface area contributed by atoms with E-state index in [1.54, 1.807) is 42.2 Å². The predicted octanol–water partition coefficient (Wildman–Crippen LogP) is 4.23. The second-order valence-corrected chi connectivity index (χ2v) is 8.00. The van der Waals surface area contributed by atoms with Crippen molar-refractivity contribution in [1.29, 1.82) is 0 Å². The van der Waals surface area contributed by atoms with E-state index >= 15 is 0 Å². The molecule has 0 aliphatic rings. The van der Waals surface area contributed by atoms with Gasteiger partial charge < -0.3 is 10.6 Å². The highest BCUT2D eigenvalue weighted by Gasteiger charge is 2.13. The van der Waals surface area contributed by atoms with E-state index in [4.69, 9.17) is 16.6 Å². The van der Waals surface area contributed by atoms with Gasteiger partial charge in [0.15, 0.2) is 10.8 Å². The molecule has 29 heavy (non-hydrogen) atoms. The molecule has 3 rings (SSSR count). The van der Waals surface area contributed by atoms with E-state index in [-0.39, 0.29) is 5.91 Å². The number of halogens is 1. The summed E-state index contributed by atoms with van der Waals surface area (Å²) in [5, 5.41) is 13.0. The zero-order valence-electron chi connectivity index (χ0n) is 16.6. The first-order chi connectivity index (χ1) is 14.1. The van der Waals surface area contributed by atoms with Crippen LogP contribution in [0.5, 0.6) is 0 Å². The summed E-state index contributed by atoms with van der Waals surface area (Å²) in [4.78, 5) is 21.6. The van der Waals surface area contributed by atoms with Gasteiger partial charge in [-0.3, -0.25) is 4.79 Å². The second-order valence-electron chi connectivity index (χ2n) is 6.50. The largest absolute Gasteiger partial charge is 0.369 e. The smallest absolute Gasteiger partial charge is 0.251 e. The standard InChI is InChI=1S/C20H25ClN6OS/c1-3-9-22-17-16-13-24-27(18(16)26-20(25-17)29-12-4-2)11-10-23-19(28)14-5-7-15(21)8-6-14/h5-8,13H,3-4,9-12H2,1-2H3,(H,23,28)(H,22,25,26). The minimum Gasteiger partial charge on any atom is -0.369 e. The van der Waals surface area contributed by atoms with E-state index in [2.05, 4.69) is 34.6 Å². The second kappa shape index (κ2) is 10.5. The van der Waals surface area contributed by atoms with Crippen LogP contribution in [-0.4, -0.2) is 44.5 Å². The Morgan fingerprint density at radius 1 is 1.14 bits per heavy atom. The molecule has 1 amide bonds. The van der Waals surface area contributed by atoms with Crippen LogP contribution in [0.2, 0.25) is 5.02 Å². The molecule has 0 aliphatic heterocycles. The predicted molar refractivity (Wildman–Crippen MR) is 119 cm³/mol. The fourth-order valence-corrected chi connectivity index (χ4v) is 3.53. The Labute approximate surface area is 179 Å². The van der Waals surface area contributed by atoms with E-state index in [1.165, 1.54) is 0 Å². The first-order valence-corrected chi connectivity index (χ1v) is 11.1.